The van der Waals surface area contributed by atoms with Crippen LogP contribution in [0.25, 0.3) is 0 Å². The number of piperidine rings is 1. The Morgan fingerprint density at radius 3 is 2.00 bits per heavy atom. The lowest BCUT2D eigenvalue weighted by Gasteiger charge is -2.50. The van der Waals surface area contributed by atoms with Crippen LogP contribution in [0.2, 0.25) is 40.8 Å². The predicted octanol–water partition coefficient (Wildman–Crippen LogP) is 11.2. The third-order valence-corrected chi connectivity index (χ3v) is 18.3. The first-order chi connectivity index (χ1) is 25.7. The predicted molar refractivity (Wildman–Crippen MR) is 234 cm³/mol. The highest BCUT2D eigenvalue weighted by Crippen LogP contribution is 2.48. The van der Waals surface area contributed by atoms with Crippen LogP contribution in [-0.4, -0.2) is 53.1 Å². The molecule has 3 unspecified atom stereocenters. The van der Waals surface area contributed by atoms with E-state index in [4.69, 9.17) is 32.4 Å². The zero-order valence-electron chi connectivity index (χ0n) is 33.2. The van der Waals surface area contributed by atoms with Crippen molar-refractivity contribution in [2.75, 3.05) is 19.8 Å². The molecule has 1 saturated heterocycles. The Hall–Kier alpha value is -2.98. The number of nitrogens with zero attached hydrogens (tertiary/aromatic N) is 1. The molecule has 54 heavy (non-hydrogen) atoms. The number of hydrogen-bond donors (Lipinski definition) is 0. The molecule has 4 aromatic carbocycles. The van der Waals surface area contributed by atoms with E-state index in [2.05, 4.69) is 144 Å². The van der Waals surface area contributed by atoms with E-state index < -0.39 is 16.4 Å². The highest BCUT2D eigenvalue weighted by atomic mass is 35.5. The summed E-state index contributed by atoms with van der Waals surface area (Å²) < 4.78 is 13.9. The first-order valence-electron chi connectivity index (χ1n) is 19.4. The van der Waals surface area contributed by atoms with Crippen molar-refractivity contribution in [3.8, 4) is 0 Å². The summed E-state index contributed by atoms with van der Waals surface area (Å²) in [6.07, 6.45) is 3.33. The van der Waals surface area contributed by atoms with E-state index in [1.807, 2.05) is 30.3 Å². The molecule has 5 rings (SSSR count). The molecule has 1 fully saturated rings. The summed E-state index contributed by atoms with van der Waals surface area (Å²) in [6, 6.07) is 38.2. The number of rotatable bonds is 16. The number of likely N-dealkylation sites (tertiary alicyclic amines) is 1. The Labute approximate surface area is 337 Å². The zero-order chi connectivity index (χ0) is 39.1. The number of halogens is 2. The number of hydrogen-bond acceptors (Lipinski definition) is 3. The number of ether oxygens (including phenoxy) is 1. The molecule has 8 heteroatoms. The number of amides is 1. The van der Waals surface area contributed by atoms with Crippen molar-refractivity contribution in [1.29, 1.82) is 0 Å². The van der Waals surface area contributed by atoms with Crippen LogP contribution in [0.15, 0.2) is 122 Å². The minimum Gasteiger partial charge on any atom is -0.407 e. The molecule has 4 nitrogen and oxygen atoms in total. The van der Waals surface area contributed by atoms with E-state index in [0.717, 1.165) is 17.2 Å². The Morgan fingerprint density at radius 2 is 1.46 bits per heavy atom. The monoisotopic (exact) mass is 799 g/mol. The normalized spacial score (nSPS) is 19.4. The molecule has 1 aliphatic heterocycles. The molecule has 0 saturated carbocycles. The molecule has 0 spiro atoms. The lowest BCUT2D eigenvalue weighted by molar-refractivity contribution is -0.150. The van der Waals surface area contributed by atoms with Gasteiger partial charge in [0.2, 0.25) is 5.91 Å². The van der Waals surface area contributed by atoms with Gasteiger partial charge in [0, 0.05) is 49.2 Å². The van der Waals surface area contributed by atoms with Crippen molar-refractivity contribution in [1.82, 2.24) is 4.90 Å². The van der Waals surface area contributed by atoms with Crippen molar-refractivity contribution >= 4 is 55.9 Å². The smallest absolute Gasteiger partial charge is 0.261 e. The van der Waals surface area contributed by atoms with Gasteiger partial charge < -0.3 is 14.1 Å². The molecule has 288 valence electrons. The van der Waals surface area contributed by atoms with Gasteiger partial charge in [0.1, 0.15) is 0 Å². The number of carbonyl (C=O) groups is 1. The third kappa shape index (κ3) is 9.87. The van der Waals surface area contributed by atoms with Crippen LogP contribution < -0.4 is 10.4 Å². The van der Waals surface area contributed by atoms with Gasteiger partial charge in [-0.25, -0.2) is 0 Å². The van der Waals surface area contributed by atoms with E-state index in [9.17, 15) is 0 Å². The summed E-state index contributed by atoms with van der Waals surface area (Å²) in [5, 5.41) is 3.64. The lowest BCUT2D eigenvalue weighted by atomic mass is 9.74. The lowest BCUT2D eigenvalue weighted by Crippen LogP contribution is -2.67. The average molecular weight is 801 g/mol. The number of allylic oxidation sites excluding steroid dienone is 1. The molecule has 0 bridgehead atoms. The summed E-state index contributed by atoms with van der Waals surface area (Å²) in [5.41, 5.74) is 2.16. The van der Waals surface area contributed by atoms with Crippen molar-refractivity contribution in [3.05, 3.63) is 143 Å². The fourth-order valence-electron chi connectivity index (χ4n) is 8.22. The molecule has 1 heterocycles. The van der Waals surface area contributed by atoms with Crippen LogP contribution in [0.1, 0.15) is 63.6 Å². The molecular formula is C46H59Cl2NO3Si2. The number of carbonyl (C=O) groups excluding carboxylic acids is 1. The molecule has 1 amide bonds. The van der Waals surface area contributed by atoms with E-state index in [-0.39, 0.29) is 40.8 Å². The zero-order valence-corrected chi connectivity index (χ0v) is 36.7. The Bertz CT molecular complexity index is 1770. The minimum absolute atomic E-state index is 0.0161. The van der Waals surface area contributed by atoms with Gasteiger partial charge in [0.05, 0.1) is 18.6 Å². The minimum atomic E-state index is -2.85. The number of benzene rings is 4. The van der Waals surface area contributed by atoms with Gasteiger partial charge in [0.25, 0.3) is 8.32 Å². The maximum absolute atomic E-state index is 15.1. The van der Waals surface area contributed by atoms with Crippen molar-refractivity contribution in [3.63, 3.8) is 0 Å². The van der Waals surface area contributed by atoms with Crippen LogP contribution in [0.3, 0.4) is 0 Å². The molecule has 0 aromatic heterocycles. The molecule has 4 aromatic rings. The molecular weight excluding hydrogens is 742 g/mol. The van der Waals surface area contributed by atoms with Gasteiger partial charge >= 0.3 is 0 Å². The maximum Gasteiger partial charge on any atom is 0.261 e. The van der Waals surface area contributed by atoms with E-state index >= 15 is 4.79 Å². The van der Waals surface area contributed by atoms with Crippen LogP contribution in [0, 0.1) is 11.8 Å². The topological polar surface area (TPSA) is 38.8 Å². The van der Waals surface area contributed by atoms with Crippen LogP contribution in [-0.2, 0) is 14.0 Å². The summed E-state index contributed by atoms with van der Waals surface area (Å²) in [4.78, 5) is 17.3. The SMILES string of the molecule is C=CC[C@@H](CO[Si](c1ccccc1)(c1ccccc1)C(C)(C)C)[C@@H](C)N1C(=O)C(COCC[Si](C)(C)C)CC(c2cccc(Cl)c2)C1c1ccc(Cl)cc1. The van der Waals surface area contributed by atoms with E-state index in [1.165, 1.54) is 10.4 Å². The molecule has 0 radical (unpaired) electrons. The second-order valence-corrected chi connectivity index (χ2v) is 28.0. The van der Waals surface area contributed by atoms with Crippen molar-refractivity contribution in [2.45, 2.75) is 89.3 Å². The van der Waals surface area contributed by atoms with Gasteiger partial charge in [-0.2, -0.15) is 0 Å². The van der Waals surface area contributed by atoms with E-state index in [1.54, 1.807) is 0 Å². The van der Waals surface area contributed by atoms with E-state index in [0.29, 0.717) is 42.7 Å². The second-order valence-electron chi connectivity index (χ2n) is 17.2. The van der Waals surface area contributed by atoms with Crippen LogP contribution in [0.5, 0.6) is 0 Å². The molecule has 1 aliphatic rings. The van der Waals surface area contributed by atoms with Gasteiger partial charge in [-0.05, 0) is 76.6 Å². The second kappa shape index (κ2) is 18.3. The first kappa shape index (κ1) is 42.2. The maximum atomic E-state index is 15.1. The largest absolute Gasteiger partial charge is 0.407 e. The molecule has 0 aliphatic carbocycles. The standard InChI is InChI=1S/C46H59Cl2NO3Si2/c1-9-17-37(33-52-54(46(3,4)5,41-20-12-10-13-21-41)42-22-14-11-15-23-42)34(2)49-44(35-24-26-39(47)27-25-35)43(36-18-16-19-40(48)30-36)31-38(45(49)50)32-51-28-29-53(6,7)8/h9-16,18-27,30,34,37-38,43-44H,1,17,28-29,31-33H2,2-8H3/t34-,37+,38?,43?,44?/m1/s1. The summed E-state index contributed by atoms with van der Waals surface area (Å²) >= 11 is 13.1. The van der Waals surface area contributed by atoms with Gasteiger partial charge in [0.15, 0.2) is 0 Å². The first-order valence-corrected chi connectivity index (χ1v) is 25.8. The van der Waals surface area contributed by atoms with Gasteiger partial charge in [-0.15, -0.1) is 6.58 Å². The van der Waals surface area contributed by atoms with Gasteiger partial charge in [-0.3, -0.25) is 4.79 Å². The van der Waals surface area contributed by atoms with Crippen LogP contribution >= 0.6 is 23.2 Å². The summed E-state index contributed by atoms with van der Waals surface area (Å²) in [7, 11) is -4.15. The van der Waals surface area contributed by atoms with Gasteiger partial charge in [-0.1, -0.05) is 155 Å². The molecule has 0 N–H and O–H groups in total. The fraction of sp³-hybridized carbons (Fsp3) is 0.413. The fourth-order valence-corrected chi connectivity index (χ4v) is 13.9. The van der Waals surface area contributed by atoms with Crippen molar-refractivity contribution in [2.24, 2.45) is 11.8 Å². The average Bonchev–Trinajstić information content (AvgIpc) is 3.13. The Balaban J connectivity index is 1.59. The summed E-state index contributed by atoms with van der Waals surface area (Å²) in [6.45, 7) is 21.9. The third-order valence-electron chi connectivity index (χ3n) is 11.1. The highest BCUT2D eigenvalue weighted by molar-refractivity contribution is 6.99. The quantitative estimate of drug-likeness (QED) is 0.0644. The highest BCUT2D eigenvalue weighted by Gasteiger charge is 2.51. The van der Waals surface area contributed by atoms with Crippen LogP contribution in [0.4, 0.5) is 0 Å². The summed E-state index contributed by atoms with van der Waals surface area (Å²) in [5.74, 6) is -0.232. The Morgan fingerprint density at radius 1 is 0.852 bits per heavy atom. The Kier molecular flexibility index (Phi) is 14.3. The molecule has 5 atom stereocenters. The van der Waals surface area contributed by atoms with Crippen molar-refractivity contribution < 1.29 is 14.0 Å².